The van der Waals surface area contributed by atoms with E-state index in [1.807, 2.05) is 18.2 Å². The van der Waals surface area contributed by atoms with Gasteiger partial charge in [0.25, 0.3) is 0 Å². The Balaban J connectivity index is 0.000000166. The van der Waals surface area contributed by atoms with Crippen molar-refractivity contribution in [2.75, 3.05) is 128 Å². The van der Waals surface area contributed by atoms with Crippen molar-refractivity contribution in [3.8, 4) is 58.2 Å². The number of nitrogens with two attached hydrogens (primary N) is 1. The van der Waals surface area contributed by atoms with E-state index in [1.165, 1.54) is 12.7 Å². The molecular formula is C52H61BrN16O6. The van der Waals surface area contributed by atoms with Gasteiger partial charge in [-0.15, -0.1) is 0 Å². The van der Waals surface area contributed by atoms with Crippen LogP contribution >= 0.6 is 15.9 Å². The second-order valence-electron chi connectivity index (χ2n) is 17.9. The van der Waals surface area contributed by atoms with E-state index in [2.05, 4.69) is 113 Å². The lowest BCUT2D eigenvalue weighted by molar-refractivity contribution is 0.0234. The van der Waals surface area contributed by atoms with Gasteiger partial charge in [-0.3, -0.25) is 0 Å². The summed E-state index contributed by atoms with van der Waals surface area (Å²) < 4.78 is 34.2. The van der Waals surface area contributed by atoms with Crippen LogP contribution in [0.3, 0.4) is 0 Å². The number of nitrogens with one attached hydrogen (secondary N) is 1. The van der Waals surface area contributed by atoms with Crippen LogP contribution in [0, 0.1) is 22.7 Å². The van der Waals surface area contributed by atoms with Crippen LogP contribution in [0.1, 0.15) is 36.8 Å². The third-order valence-corrected chi connectivity index (χ3v) is 13.2. The van der Waals surface area contributed by atoms with E-state index in [4.69, 9.17) is 34.2 Å². The fourth-order valence-corrected chi connectivity index (χ4v) is 8.76. The minimum absolute atomic E-state index is 0.00110. The second kappa shape index (κ2) is 26.6. The number of pyridine rings is 4. The van der Waals surface area contributed by atoms with Crippen LogP contribution in [-0.2, 0) is 9.47 Å². The number of nitrogens with zero attached hydrogens (tertiary/aromatic N) is 14. The molecule has 4 fully saturated rings. The number of nitriles is 2. The molecule has 10 heterocycles. The number of methoxy groups -OCH3 is 2. The van der Waals surface area contributed by atoms with Gasteiger partial charge in [-0.1, -0.05) is 0 Å². The monoisotopic (exact) mass is 1080 g/mol. The van der Waals surface area contributed by atoms with Crippen molar-refractivity contribution >= 4 is 44.8 Å². The first kappa shape index (κ1) is 53.7. The Bertz CT molecular complexity index is 2920. The van der Waals surface area contributed by atoms with Gasteiger partial charge in [0.1, 0.15) is 81.6 Å². The van der Waals surface area contributed by atoms with Gasteiger partial charge < -0.3 is 59.1 Å². The summed E-state index contributed by atoms with van der Waals surface area (Å²) in [5.41, 5.74) is 11.1. The van der Waals surface area contributed by atoms with Gasteiger partial charge in [-0.05, 0) is 66.4 Å². The summed E-state index contributed by atoms with van der Waals surface area (Å²) in [5, 5.41) is 22.2. The highest BCUT2D eigenvalue weighted by atomic mass is 79.9. The molecule has 6 aromatic heterocycles. The van der Waals surface area contributed by atoms with E-state index >= 15 is 0 Å². The van der Waals surface area contributed by atoms with Crippen molar-refractivity contribution in [3.05, 3.63) is 89.3 Å². The molecule has 0 radical (unpaired) electrons. The zero-order chi connectivity index (χ0) is 52.5. The molecule has 22 nitrogen and oxygen atoms in total. The molecule has 3 N–H and O–H groups in total. The van der Waals surface area contributed by atoms with Gasteiger partial charge in [-0.25, -0.2) is 34.9 Å². The Morgan fingerprint density at radius 1 is 0.587 bits per heavy atom. The van der Waals surface area contributed by atoms with Crippen LogP contribution in [0.15, 0.2) is 78.2 Å². The third-order valence-electron chi connectivity index (χ3n) is 12.8. The quantitative estimate of drug-likeness (QED) is 0.133. The summed E-state index contributed by atoms with van der Waals surface area (Å²) in [6, 6.07) is 19.1. The second-order valence-corrected chi connectivity index (χ2v) is 18.8. The topological polar surface area (TPSA) is 257 Å². The normalized spacial score (nSPS) is 16.5. The predicted molar refractivity (Wildman–Crippen MR) is 285 cm³/mol. The molecule has 0 saturated carbocycles. The number of anilines is 5. The van der Waals surface area contributed by atoms with Crippen molar-refractivity contribution in [1.82, 2.24) is 49.7 Å². The van der Waals surface area contributed by atoms with Crippen molar-refractivity contribution < 1.29 is 28.4 Å². The van der Waals surface area contributed by atoms with Crippen LogP contribution in [0.5, 0.6) is 23.5 Å². The molecule has 4 aliphatic heterocycles. The number of piperazine rings is 2. The van der Waals surface area contributed by atoms with Crippen molar-refractivity contribution in [1.29, 1.82) is 10.5 Å². The van der Waals surface area contributed by atoms with E-state index in [-0.39, 0.29) is 12.2 Å². The Morgan fingerprint density at radius 2 is 1.07 bits per heavy atom. The molecule has 10 rings (SSSR count). The zero-order valence-corrected chi connectivity index (χ0v) is 44.1. The summed E-state index contributed by atoms with van der Waals surface area (Å²) in [6.07, 6.45) is 9.33. The Kier molecular flexibility index (Phi) is 19.1. The largest absolute Gasteiger partial charge is 0.479 e. The minimum atomic E-state index is 0.00110. The van der Waals surface area contributed by atoms with Crippen molar-refractivity contribution in [2.45, 2.75) is 37.9 Å². The number of likely N-dealkylation sites (N-methyl/N-ethyl adjacent to an activating group) is 2. The highest BCUT2D eigenvalue weighted by Crippen LogP contribution is 2.32. The van der Waals surface area contributed by atoms with E-state index in [1.54, 1.807) is 50.9 Å². The number of hydrogen-bond acceptors (Lipinski definition) is 22. The van der Waals surface area contributed by atoms with Gasteiger partial charge in [0, 0.05) is 114 Å². The van der Waals surface area contributed by atoms with E-state index in [0.717, 1.165) is 94.0 Å². The Labute approximate surface area is 444 Å². The van der Waals surface area contributed by atoms with Gasteiger partial charge in [0.2, 0.25) is 23.5 Å². The van der Waals surface area contributed by atoms with Crippen LogP contribution in [0.25, 0.3) is 22.5 Å². The number of hydrogen-bond donors (Lipinski definition) is 2. The first-order chi connectivity index (χ1) is 36.6. The van der Waals surface area contributed by atoms with E-state index < -0.39 is 0 Å². The average molecular weight is 1090 g/mol. The lowest BCUT2D eigenvalue weighted by Gasteiger charge is -2.34. The first-order valence-corrected chi connectivity index (χ1v) is 25.5. The Hall–Kier alpha value is -7.54. The zero-order valence-electron chi connectivity index (χ0n) is 42.6. The molecule has 4 saturated heterocycles. The molecule has 23 heteroatoms. The minimum Gasteiger partial charge on any atom is -0.479 e. The number of rotatable bonds is 12. The molecule has 0 aliphatic carbocycles. The highest BCUT2D eigenvalue weighted by molar-refractivity contribution is 9.10. The SMILES string of the molecule is COc1nc(Br)ccc1N1CCN(C)CC1.COc1nc(Nc2cc(-c3cnc(OC4CCOCC4)c(C#N)c3)ncn2)ccc1N1CCN(C)CC1.N#Cc1cc(-c2cc(N)ncn2)cnc1OC1CCOCC1. The van der Waals surface area contributed by atoms with E-state index in [9.17, 15) is 10.5 Å². The molecule has 4 aliphatic rings. The van der Waals surface area contributed by atoms with Gasteiger partial charge in [0.05, 0.1) is 52.0 Å². The molecule has 0 aromatic carbocycles. The summed E-state index contributed by atoms with van der Waals surface area (Å²) >= 11 is 3.35. The fourth-order valence-electron chi connectivity index (χ4n) is 8.47. The molecule has 0 atom stereocenters. The molecule has 392 valence electrons. The molecular weight excluding hydrogens is 1020 g/mol. The number of halogens is 1. The van der Waals surface area contributed by atoms with Crippen molar-refractivity contribution in [3.63, 3.8) is 0 Å². The summed E-state index contributed by atoms with van der Waals surface area (Å²) in [6.45, 7) is 10.7. The van der Waals surface area contributed by atoms with Gasteiger partial charge >= 0.3 is 0 Å². The number of aromatic nitrogens is 8. The molecule has 0 amide bonds. The average Bonchev–Trinajstić information content (AvgIpc) is 3.45. The van der Waals surface area contributed by atoms with Crippen molar-refractivity contribution in [2.24, 2.45) is 0 Å². The maximum absolute atomic E-state index is 9.68. The molecule has 75 heavy (non-hydrogen) atoms. The van der Waals surface area contributed by atoms with Crippen LogP contribution in [0.4, 0.5) is 28.8 Å². The molecule has 6 aromatic rings. The van der Waals surface area contributed by atoms with Gasteiger partial charge in [0.15, 0.2) is 0 Å². The third kappa shape index (κ3) is 14.8. The molecule has 0 bridgehead atoms. The highest BCUT2D eigenvalue weighted by Gasteiger charge is 2.23. The summed E-state index contributed by atoms with van der Waals surface area (Å²) in [7, 11) is 7.56. The smallest absolute Gasteiger partial charge is 0.239 e. The molecule has 0 unspecified atom stereocenters. The van der Waals surface area contributed by atoms with E-state index in [0.29, 0.717) is 101 Å². The van der Waals surface area contributed by atoms with Crippen LogP contribution in [-0.4, -0.2) is 169 Å². The fraction of sp³-hybridized carbons (Fsp3) is 0.423. The summed E-state index contributed by atoms with van der Waals surface area (Å²) in [4.78, 5) is 43.6. The maximum Gasteiger partial charge on any atom is 0.239 e. The summed E-state index contributed by atoms with van der Waals surface area (Å²) in [5.74, 6) is 3.47. The lowest BCUT2D eigenvalue weighted by atomic mass is 10.1. The van der Waals surface area contributed by atoms with Gasteiger partial charge in [-0.2, -0.15) is 15.5 Å². The first-order valence-electron chi connectivity index (χ1n) is 24.7. The van der Waals surface area contributed by atoms with Crippen LogP contribution < -0.4 is 39.8 Å². The standard InChI is InChI=1S/C26H30N8O3.C15H15N5O2.C11H16BrN3O/c1-33-7-9-34(10-8-33)22-3-4-23(32-26(22)35-2)31-24-14-21(29-17-30-24)19-13-18(15-27)25(28-16-19)37-20-5-11-36-12-6-20;16-7-10-5-11(13-6-14(17)20-9-19-13)8-18-15(10)22-12-1-3-21-4-2-12;1-14-5-7-15(8-6-14)9-3-4-10(12)13-11(9)16-2/h3-4,13-14,16-17,20H,5-12H2,1-2H3,(H,29,30,31,32);5-6,8-9,12H,1-4H2,(H2,17,19,20);3-4H,5-8H2,1-2H3. The Morgan fingerprint density at radius 3 is 1.56 bits per heavy atom. The number of nitrogen functional groups attached to an aromatic ring is 1. The lowest BCUT2D eigenvalue weighted by Crippen LogP contribution is -2.44. The predicted octanol–water partition coefficient (Wildman–Crippen LogP) is 6.02. The number of ether oxygens (including phenoxy) is 6. The molecule has 0 spiro atoms. The maximum atomic E-state index is 9.68. The van der Waals surface area contributed by atoms with Crippen LogP contribution in [0.2, 0.25) is 0 Å².